The second-order valence-corrected chi connectivity index (χ2v) is 5.54. The van der Waals surface area contributed by atoms with Gasteiger partial charge in [-0.2, -0.15) is 0 Å². The summed E-state index contributed by atoms with van der Waals surface area (Å²) in [5, 5.41) is 0. The Kier molecular flexibility index (Phi) is 4.80. The number of nitrogens with zero attached hydrogens (tertiary/aromatic N) is 4. The lowest BCUT2D eigenvalue weighted by Gasteiger charge is -2.23. The van der Waals surface area contributed by atoms with E-state index in [9.17, 15) is 4.79 Å². The van der Waals surface area contributed by atoms with Gasteiger partial charge in [-0.15, -0.1) is 0 Å². The second-order valence-electron chi connectivity index (χ2n) is 5.54. The first-order valence-electron chi connectivity index (χ1n) is 7.52. The van der Waals surface area contributed by atoms with Crippen LogP contribution in [0.1, 0.15) is 5.69 Å². The summed E-state index contributed by atoms with van der Waals surface area (Å²) in [5.74, 6) is 0.388. The van der Waals surface area contributed by atoms with Gasteiger partial charge in [-0.05, 0) is 18.6 Å². The summed E-state index contributed by atoms with van der Waals surface area (Å²) >= 11 is 0. The van der Waals surface area contributed by atoms with Gasteiger partial charge in [0.2, 0.25) is 5.91 Å². The van der Waals surface area contributed by atoms with Gasteiger partial charge in [0.1, 0.15) is 6.54 Å². The SMILES string of the molecule is O=C(Cn1ccnc1)N1CCOC[C@H](Cc2ccccn2)C1. The number of pyridine rings is 1. The minimum Gasteiger partial charge on any atom is -0.379 e. The summed E-state index contributed by atoms with van der Waals surface area (Å²) in [4.78, 5) is 22.6. The number of ether oxygens (including phenoxy) is 1. The summed E-state index contributed by atoms with van der Waals surface area (Å²) in [6.45, 7) is 2.95. The molecule has 6 heteroatoms. The van der Waals surface area contributed by atoms with E-state index in [4.69, 9.17) is 4.74 Å². The lowest BCUT2D eigenvalue weighted by molar-refractivity contribution is -0.132. The largest absolute Gasteiger partial charge is 0.379 e. The zero-order valence-electron chi connectivity index (χ0n) is 12.5. The fourth-order valence-electron chi connectivity index (χ4n) is 2.68. The second kappa shape index (κ2) is 7.17. The molecule has 0 radical (unpaired) electrons. The number of carbonyl (C=O) groups excluding carboxylic acids is 1. The zero-order valence-corrected chi connectivity index (χ0v) is 12.5. The average molecular weight is 300 g/mol. The molecule has 0 bridgehead atoms. The molecule has 0 N–H and O–H groups in total. The third-order valence-corrected chi connectivity index (χ3v) is 3.79. The lowest BCUT2D eigenvalue weighted by Crippen LogP contribution is -2.38. The van der Waals surface area contributed by atoms with Gasteiger partial charge in [0.25, 0.3) is 0 Å². The predicted molar refractivity (Wildman–Crippen MR) is 81.1 cm³/mol. The minimum atomic E-state index is 0.106. The molecular weight excluding hydrogens is 280 g/mol. The van der Waals surface area contributed by atoms with Crippen molar-refractivity contribution in [3.63, 3.8) is 0 Å². The monoisotopic (exact) mass is 300 g/mol. The zero-order chi connectivity index (χ0) is 15.2. The molecule has 1 saturated heterocycles. The molecule has 0 spiro atoms. The van der Waals surface area contributed by atoms with E-state index in [2.05, 4.69) is 9.97 Å². The van der Waals surface area contributed by atoms with Crippen LogP contribution >= 0.6 is 0 Å². The first-order valence-corrected chi connectivity index (χ1v) is 7.52. The molecule has 1 amide bonds. The van der Waals surface area contributed by atoms with Crippen LogP contribution in [0.5, 0.6) is 0 Å². The summed E-state index contributed by atoms with van der Waals surface area (Å²) in [6.07, 6.45) is 7.78. The highest BCUT2D eigenvalue weighted by Crippen LogP contribution is 2.13. The molecule has 6 nitrogen and oxygen atoms in total. The first-order chi connectivity index (χ1) is 10.8. The normalized spacial score (nSPS) is 18.9. The summed E-state index contributed by atoms with van der Waals surface area (Å²) in [5.41, 5.74) is 1.04. The molecule has 1 fully saturated rings. The van der Waals surface area contributed by atoms with Crippen molar-refractivity contribution < 1.29 is 9.53 Å². The van der Waals surface area contributed by atoms with E-state index in [0.717, 1.165) is 12.1 Å². The quantitative estimate of drug-likeness (QED) is 0.845. The molecule has 1 atom stereocenters. The summed E-state index contributed by atoms with van der Waals surface area (Å²) in [7, 11) is 0. The third-order valence-electron chi connectivity index (χ3n) is 3.79. The van der Waals surface area contributed by atoms with Crippen LogP contribution in [-0.4, -0.2) is 51.6 Å². The highest BCUT2D eigenvalue weighted by Gasteiger charge is 2.23. The molecule has 22 heavy (non-hydrogen) atoms. The van der Waals surface area contributed by atoms with Crippen molar-refractivity contribution in [3.05, 3.63) is 48.8 Å². The number of hydrogen-bond acceptors (Lipinski definition) is 4. The highest BCUT2D eigenvalue weighted by atomic mass is 16.5. The van der Waals surface area contributed by atoms with Crippen molar-refractivity contribution in [1.82, 2.24) is 19.4 Å². The molecule has 2 aromatic heterocycles. The van der Waals surface area contributed by atoms with Crippen LogP contribution in [0.15, 0.2) is 43.1 Å². The van der Waals surface area contributed by atoms with E-state index in [1.807, 2.05) is 23.1 Å². The van der Waals surface area contributed by atoms with Gasteiger partial charge in [-0.3, -0.25) is 9.78 Å². The number of imidazole rings is 1. The van der Waals surface area contributed by atoms with E-state index in [0.29, 0.717) is 32.8 Å². The molecule has 0 aromatic carbocycles. The van der Waals surface area contributed by atoms with Gasteiger partial charge < -0.3 is 14.2 Å². The van der Waals surface area contributed by atoms with Gasteiger partial charge in [0.05, 0.1) is 19.5 Å². The number of carbonyl (C=O) groups is 1. The number of aromatic nitrogens is 3. The Morgan fingerprint density at radius 1 is 1.36 bits per heavy atom. The van der Waals surface area contributed by atoms with Crippen LogP contribution in [0, 0.1) is 5.92 Å². The molecule has 0 unspecified atom stereocenters. The maximum absolute atomic E-state index is 12.4. The topological polar surface area (TPSA) is 60.2 Å². The highest BCUT2D eigenvalue weighted by molar-refractivity contribution is 5.76. The predicted octanol–water partition coefficient (Wildman–Crippen LogP) is 0.996. The smallest absolute Gasteiger partial charge is 0.242 e. The molecule has 0 aliphatic carbocycles. The molecule has 116 valence electrons. The van der Waals surface area contributed by atoms with Crippen LogP contribution in [-0.2, 0) is 22.5 Å². The Morgan fingerprint density at radius 3 is 3.09 bits per heavy atom. The Morgan fingerprint density at radius 2 is 2.32 bits per heavy atom. The van der Waals surface area contributed by atoms with Crippen molar-refractivity contribution >= 4 is 5.91 Å². The van der Waals surface area contributed by atoms with E-state index >= 15 is 0 Å². The average Bonchev–Trinajstić information content (AvgIpc) is 2.93. The maximum Gasteiger partial charge on any atom is 0.242 e. The van der Waals surface area contributed by atoms with Crippen molar-refractivity contribution in [2.75, 3.05) is 26.3 Å². The van der Waals surface area contributed by atoms with Crippen molar-refractivity contribution in [2.45, 2.75) is 13.0 Å². The van der Waals surface area contributed by atoms with E-state index in [-0.39, 0.29) is 11.8 Å². The molecule has 2 aromatic rings. The fourth-order valence-corrected chi connectivity index (χ4v) is 2.68. The molecule has 1 aliphatic rings. The van der Waals surface area contributed by atoms with Crippen molar-refractivity contribution in [3.8, 4) is 0 Å². The Labute approximate surface area is 129 Å². The van der Waals surface area contributed by atoms with Gasteiger partial charge in [0.15, 0.2) is 0 Å². The standard InChI is InChI=1S/C16H20N4O2/c21-16(11-19-6-5-17-13-19)20-7-8-22-12-14(10-20)9-15-3-1-2-4-18-15/h1-6,13-14H,7-12H2/t14-/m1/s1. The number of rotatable bonds is 4. The minimum absolute atomic E-state index is 0.106. The van der Waals surface area contributed by atoms with Gasteiger partial charge >= 0.3 is 0 Å². The molecule has 3 rings (SSSR count). The Hall–Kier alpha value is -2.21. The molecule has 0 saturated carbocycles. The van der Waals surface area contributed by atoms with Gasteiger partial charge in [-0.25, -0.2) is 4.98 Å². The van der Waals surface area contributed by atoms with E-state index in [1.54, 1.807) is 29.5 Å². The Balaban J connectivity index is 1.61. The van der Waals surface area contributed by atoms with Crippen LogP contribution in [0.2, 0.25) is 0 Å². The van der Waals surface area contributed by atoms with Crippen LogP contribution in [0.3, 0.4) is 0 Å². The maximum atomic E-state index is 12.4. The van der Waals surface area contributed by atoms with Crippen LogP contribution < -0.4 is 0 Å². The summed E-state index contributed by atoms with van der Waals surface area (Å²) < 4.78 is 7.45. The van der Waals surface area contributed by atoms with Gasteiger partial charge in [0, 0.05) is 43.3 Å². The van der Waals surface area contributed by atoms with Crippen LogP contribution in [0.25, 0.3) is 0 Å². The van der Waals surface area contributed by atoms with Gasteiger partial charge in [-0.1, -0.05) is 6.07 Å². The van der Waals surface area contributed by atoms with Crippen LogP contribution in [0.4, 0.5) is 0 Å². The number of hydrogen-bond donors (Lipinski definition) is 0. The van der Waals surface area contributed by atoms with Crippen molar-refractivity contribution in [2.24, 2.45) is 5.92 Å². The van der Waals surface area contributed by atoms with E-state index < -0.39 is 0 Å². The molecular formula is C16H20N4O2. The fraction of sp³-hybridized carbons (Fsp3) is 0.438. The lowest BCUT2D eigenvalue weighted by atomic mass is 10.0. The number of amides is 1. The molecule has 1 aliphatic heterocycles. The third kappa shape index (κ3) is 3.92. The van der Waals surface area contributed by atoms with Crippen molar-refractivity contribution in [1.29, 1.82) is 0 Å². The first kappa shape index (κ1) is 14.7. The Bertz CT molecular complexity index is 585. The molecule has 3 heterocycles. The van der Waals surface area contributed by atoms with E-state index in [1.165, 1.54) is 0 Å². The summed E-state index contributed by atoms with van der Waals surface area (Å²) in [6, 6.07) is 5.92.